The van der Waals surface area contributed by atoms with Crippen molar-refractivity contribution in [1.29, 1.82) is 0 Å². The Labute approximate surface area is 69.4 Å². The van der Waals surface area contributed by atoms with E-state index < -0.39 is 0 Å². The molecule has 0 spiro atoms. The molecule has 0 fully saturated rings. The molecule has 0 atom stereocenters. The smallest absolute Gasteiger partial charge is 0.159 e. The van der Waals surface area contributed by atoms with Crippen molar-refractivity contribution in [2.75, 3.05) is 0 Å². The van der Waals surface area contributed by atoms with Crippen molar-refractivity contribution in [2.45, 2.75) is 0 Å². The van der Waals surface area contributed by atoms with Gasteiger partial charge in [0.1, 0.15) is 5.82 Å². The summed E-state index contributed by atoms with van der Waals surface area (Å²) in [5.74, 6) is 0.389. The molecule has 1 aromatic rings. The largest absolute Gasteiger partial charge is 0.235 e. The Hall–Kier alpha value is -1.64. The summed E-state index contributed by atoms with van der Waals surface area (Å²) in [6.07, 6.45) is 3.22. The molecular weight excluding hydrogens is 155 g/mol. The van der Waals surface area contributed by atoms with Crippen molar-refractivity contribution in [3.63, 3.8) is 0 Å². The lowest BCUT2D eigenvalue weighted by molar-refractivity contribution is 0.628. The summed E-state index contributed by atoms with van der Waals surface area (Å²) in [6.45, 7) is 0. The Bertz CT molecular complexity index is 338. The van der Waals surface area contributed by atoms with Crippen molar-refractivity contribution in [3.05, 3.63) is 48.0 Å². The van der Waals surface area contributed by atoms with E-state index in [0.29, 0.717) is 5.84 Å². The van der Waals surface area contributed by atoms with Crippen LogP contribution in [-0.2, 0) is 0 Å². The molecule has 0 aromatic heterocycles. The fourth-order valence-corrected chi connectivity index (χ4v) is 0.989. The number of halogens is 1. The first-order valence-electron chi connectivity index (χ1n) is 3.56. The van der Waals surface area contributed by atoms with E-state index in [1.807, 2.05) is 0 Å². The lowest BCUT2D eigenvalue weighted by Gasteiger charge is -1.97. The molecular formula is C9H6FN2. The van der Waals surface area contributed by atoms with E-state index in [1.165, 1.54) is 12.1 Å². The molecule has 0 unspecified atom stereocenters. The van der Waals surface area contributed by atoms with E-state index >= 15 is 0 Å². The normalized spacial score (nSPS) is 14.2. The summed E-state index contributed by atoms with van der Waals surface area (Å²) >= 11 is 0. The third kappa shape index (κ3) is 1.21. The van der Waals surface area contributed by atoms with Crippen LogP contribution in [0.4, 0.5) is 4.39 Å². The van der Waals surface area contributed by atoms with E-state index in [0.717, 1.165) is 5.56 Å². The van der Waals surface area contributed by atoms with Crippen LogP contribution in [-0.4, -0.2) is 5.84 Å². The average Bonchev–Trinajstić information content (AvgIpc) is 2.58. The highest BCUT2D eigenvalue weighted by atomic mass is 19.1. The van der Waals surface area contributed by atoms with Crippen LogP contribution in [0.25, 0.3) is 0 Å². The van der Waals surface area contributed by atoms with Gasteiger partial charge in [0.15, 0.2) is 5.84 Å². The summed E-state index contributed by atoms with van der Waals surface area (Å²) in [5.41, 5.74) is 0.835. The number of rotatable bonds is 1. The standard InChI is InChI=1S/C9H6FN2/c10-8-3-1-7(2-4-8)9-11-5-6-12-9/h1-6H. The second-order valence-electron chi connectivity index (χ2n) is 2.39. The topological polar surface area (TPSA) is 26.5 Å². The summed E-state index contributed by atoms with van der Waals surface area (Å²) in [4.78, 5) is 3.98. The van der Waals surface area contributed by atoms with Gasteiger partial charge < -0.3 is 0 Å². The van der Waals surface area contributed by atoms with E-state index in [2.05, 4.69) is 10.3 Å². The van der Waals surface area contributed by atoms with Crippen LogP contribution in [0.2, 0.25) is 0 Å². The fourth-order valence-electron chi connectivity index (χ4n) is 0.989. The van der Waals surface area contributed by atoms with Crippen molar-refractivity contribution < 1.29 is 4.39 Å². The van der Waals surface area contributed by atoms with Gasteiger partial charge in [-0.1, -0.05) is 0 Å². The highest BCUT2D eigenvalue weighted by Crippen LogP contribution is 2.06. The molecule has 3 heteroatoms. The number of amidine groups is 1. The first kappa shape index (κ1) is 7.03. The van der Waals surface area contributed by atoms with E-state index in [9.17, 15) is 4.39 Å². The zero-order chi connectivity index (χ0) is 8.39. The zero-order valence-electron chi connectivity index (χ0n) is 6.24. The lowest BCUT2D eigenvalue weighted by Crippen LogP contribution is -2.07. The van der Waals surface area contributed by atoms with E-state index in [4.69, 9.17) is 0 Å². The molecule has 1 aromatic carbocycles. The van der Waals surface area contributed by atoms with Gasteiger partial charge in [0, 0.05) is 18.0 Å². The molecule has 0 saturated heterocycles. The molecule has 2 rings (SSSR count). The highest BCUT2D eigenvalue weighted by molar-refractivity contribution is 6.00. The second-order valence-corrected chi connectivity index (χ2v) is 2.39. The second kappa shape index (κ2) is 2.77. The van der Waals surface area contributed by atoms with Crippen molar-refractivity contribution in [1.82, 2.24) is 5.32 Å². The van der Waals surface area contributed by atoms with Gasteiger partial charge in [0.05, 0.1) is 0 Å². The molecule has 0 saturated carbocycles. The molecule has 0 aliphatic carbocycles. The number of hydrogen-bond donors (Lipinski definition) is 0. The highest BCUT2D eigenvalue weighted by Gasteiger charge is 2.04. The molecule has 2 nitrogen and oxygen atoms in total. The molecule has 1 aliphatic heterocycles. The molecule has 1 radical (unpaired) electrons. The van der Waals surface area contributed by atoms with Gasteiger partial charge in [-0.15, -0.1) is 0 Å². The molecule has 1 aliphatic rings. The third-order valence-corrected chi connectivity index (χ3v) is 1.56. The summed E-state index contributed by atoms with van der Waals surface area (Å²) in [6, 6.07) is 6.10. The molecule has 12 heavy (non-hydrogen) atoms. The van der Waals surface area contributed by atoms with Crippen LogP contribution in [0.1, 0.15) is 5.56 Å². The van der Waals surface area contributed by atoms with Crippen LogP contribution in [0.3, 0.4) is 0 Å². The molecule has 0 N–H and O–H groups in total. The predicted octanol–water partition coefficient (Wildman–Crippen LogP) is 1.66. The molecule has 0 amide bonds. The third-order valence-electron chi connectivity index (χ3n) is 1.56. The first-order chi connectivity index (χ1) is 5.86. The van der Waals surface area contributed by atoms with Crippen LogP contribution < -0.4 is 5.32 Å². The van der Waals surface area contributed by atoms with Crippen LogP contribution in [0, 0.1) is 5.82 Å². The van der Waals surface area contributed by atoms with E-state index in [-0.39, 0.29) is 5.82 Å². The Morgan fingerprint density at radius 1 is 1.00 bits per heavy atom. The summed E-state index contributed by atoms with van der Waals surface area (Å²) in [7, 11) is 0. The summed E-state index contributed by atoms with van der Waals surface area (Å²) < 4.78 is 12.5. The van der Waals surface area contributed by atoms with E-state index in [1.54, 1.807) is 24.5 Å². The molecule has 59 valence electrons. The molecule has 1 heterocycles. The van der Waals surface area contributed by atoms with Gasteiger partial charge in [-0.2, -0.15) is 0 Å². The Morgan fingerprint density at radius 2 is 1.75 bits per heavy atom. The number of nitrogens with zero attached hydrogens (tertiary/aromatic N) is 2. The quantitative estimate of drug-likeness (QED) is 0.599. The number of hydrogen-bond acceptors (Lipinski definition) is 1. The number of aliphatic imine (C=N–C) groups is 1. The lowest BCUT2D eigenvalue weighted by atomic mass is 10.2. The van der Waals surface area contributed by atoms with Gasteiger partial charge in [-0.25, -0.2) is 14.7 Å². The first-order valence-corrected chi connectivity index (χ1v) is 3.56. The van der Waals surface area contributed by atoms with Gasteiger partial charge in [0.25, 0.3) is 0 Å². The Balaban J connectivity index is 2.30. The number of benzene rings is 1. The summed E-state index contributed by atoms with van der Waals surface area (Å²) in [5, 5.41) is 3.98. The predicted molar refractivity (Wildman–Crippen MR) is 44.2 cm³/mol. The average molecular weight is 161 g/mol. The van der Waals surface area contributed by atoms with Crippen LogP contribution >= 0.6 is 0 Å². The maximum absolute atomic E-state index is 12.5. The van der Waals surface area contributed by atoms with Gasteiger partial charge in [-0.3, -0.25) is 0 Å². The van der Waals surface area contributed by atoms with Crippen LogP contribution in [0.5, 0.6) is 0 Å². The Kier molecular flexibility index (Phi) is 1.63. The maximum Gasteiger partial charge on any atom is 0.159 e. The van der Waals surface area contributed by atoms with Gasteiger partial charge in [0.2, 0.25) is 0 Å². The fraction of sp³-hybridized carbons (Fsp3) is 0. The van der Waals surface area contributed by atoms with Crippen molar-refractivity contribution in [2.24, 2.45) is 4.99 Å². The monoisotopic (exact) mass is 161 g/mol. The minimum absolute atomic E-state index is 0.245. The Morgan fingerprint density at radius 3 is 2.33 bits per heavy atom. The van der Waals surface area contributed by atoms with Crippen LogP contribution in [0.15, 0.2) is 41.7 Å². The van der Waals surface area contributed by atoms with Gasteiger partial charge in [-0.05, 0) is 24.3 Å². The van der Waals surface area contributed by atoms with Crippen molar-refractivity contribution >= 4 is 5.84 Å². The maximum atomic E-state index is 12.5. The zero-order valence-corrected chi connectivity index (χ0v) is 6.24. The van der Waals surface area contributed by atoms with Crippen molar-refractivity contribution in [3.8, 4) is 0 Å². The molecule has 0 bridgehead atoms. The minimum Gasteiger partial charge on any atom is -0.235 e. The van der Waals surface area contributed by atoms with Gasteiger partial charge >= 0.3 is 0 Å². The minimum atomic E-state index is -0.245. The SMILES string of the molecule is Fc1ccc(C2=NC=C[N]2)cc1.